The summed E-state index contributed by atoms with van der Waals surface area (Å²) in [5.74, 6) is 0.209. The summed E-state index contributed by atoms with van der Waals surface area (Å²) >= 11 is 4.97. The summed E-state index contributed by atoms with van der Waals surface area (Å²) in [5.41, 5.74) is 1.37. The zero-order valence-corrected chi connectivity index (χ0v) is 10.7. The maximum atomic E-state index is 12.1. The molecule has 1 saturated heterocycles. The highest BCUT2D eigenvalue weighted by molar-refractivity contribution is 9.11. The predicted molar refractivity (Wildman–Crippen MR) is 64.2 cm³/mol. The van der Waals surface area contributed by atoms with Crippen molar-refractivity contribution in [2.75, 3.05) is 13.1 Å². The second-order valence-corrected chi connectivity index (χ2v) is 6.91. The van der Waals surface area contributed by atoms with Gasteiger partial charge in [0.2, 0.25) is 0 Å². The van der Waals surface area contributed by atoms with Crippen molar-refractivity contribution >= 4 is 33.2 Å². The third-order valence-electron chi connectivity index (χ3n) is 3.50. The Bertz CT molecular complexity index is 410. The summed E-state index contributed by atoms with van der Waals surface area (Å²) in [6.45, 7) is 1.94. The minimum absolute atomic E-state index is 0.209. The van der Waals surface area contributed by atoms with Gasteiger partial charge in [0, 0.05) is 18.5 Å². The molecule has 0 atom stereocenters. The van der Waals surface area contributed by atoms with E-state index in [4.69, 9.17) is 0 Å². The molecule has 80 valence electrons. The molecule has 2 aliphatic rings. The number of thiophene rings is 1. The van der Waals surface area contributed by atoms with Gasteiger partial charge >= 0.3 is 0 Å². The molecule has 1 spiro atoms. The van der Waals surface area contributed by atoms with Crippen LogP contribution in [0, 0.1) is 5.41 Å². The Kier molecular flexibility index (Phi) is 2.18. The molecule has 4 heteroatoms. The van der Waals surface area contributed by atoms with Crippen molar-refractivity contribution in [3.8, 4) is 0 Å². The summed E-state index contributed by atoms with van der Waals surface area (Å²) in [7, 11) is 0. The average molecular weight is 286 g/mol. The fourth-order valence-corrected chi connectivity index (χ4v) is 3.43. The van der Waals surface area contributed by atoms with Crippen LogP contribution in [-0.2, 0) is 0 Å². The standard InChI is InChI=1S/C11H12BrNOS/c12-9-5-8(6-15-9)10(14)13-4-3-11(7-13)1-2-11/h5-6H,1-4,7H2. The second-order valence-electron chi connectivity index (χ2n) is 4.62. The van der Waals surface area contributed by atoms with Gasteiger partial charge in [-0.25, -0.2) is 0 Å². The Labute approximate surface area is 101 Å². The van der Waals surface area contributed by atoms with Gasteiger partial charge in [-0.15, -0.1) is 11.3 Å². The molecule has 3 rings (SSSR count). The Balaban J connectivity index is 1.75. The van der Waals surface area contributed by atoms with E-state index in [2.05, 4.69) is 15.9 Å². The monoisotopic (exact) mass is 285 g/mol. The maximum absolute atomic E-state index is 12.1. The van der Waals surface area contributed by atoms with Gasteiger partial charge in [-0.05, 0) is 46.7 Å². The van der Waals surface area contributed by atoms with Crippen LogP contribution in [0.25, 0.3) is 0 Å². The molecule has 1 aromatic heterocycles. The summed E-state index contributed by atoms with van der Waals surface area (Å²) in [6, 6.07) is 1.92. The zero-order valence-electron chi connectivity index (χ0n) is 8.33. The molecule has 15 heavy (non-hydrogen) atoms. The van der Waals surface area contributed by atoms with Gasteiger partial charge in [-0.1, -0.05) is 0 Å². The lowest BCUT2D eigenvalue weighted by molar-refractivity contribution is 0.0785. The first-order valence-electron chi connectivity index (χ1n) is 5.22. The summed E-state index contributed by atoms with van der Waals surface area (Å²) < 4.78 is 1.03. The Morgan fingerprint density at radius 1 is 1.47 bits per heavy atom. The van der Waals surface area contributed by atoms with Crippen LogP contribution in [0.5, 0.6) is 0 Å². The van der Waals surface area contributed by atoms with Crippen molar-refractivity contribution in [1.82, 2.24) is 4.90 Å². The number of likely N-dealkylation sites (tertiary alicyclic amines) is 1. The molecule has 2 fully saturated rings. The molecule has 1 aliphatic heterocycles. The molecule has 0 N–H and O–H groups in total. The second kappa shape index (κ2) is 3.32. The first-order chi connectivity index (χ1) is 7.19. The van der Waals surface area contributed by atoms with Gasteiger partial charge in [-0.2, -0.15) is 0 Å². The predicted octanol–water partition coefficient (Wildman–Crippen LogP) is 3.14. The van der Waals surface area contributed by atoms with Crippen LogP contribution in [0.1, 0.15) is 29.6 Å². The van der Waals surface area contributed by atoms with Crippen LogP contribution < -0.4 is 0 Å². The van der Waals surface area contributed by atoms with E-state index in [1.54, 1.807) is 11.3 Å². The van der Waals surface area contributed by atoms with Crippen molar-refractivity contribution in [2.24, 2.45) is 5.41 Å². The largest absolute Gasteiger partial charge is 0.338 e. The van der Waals surface area contributed by atoms with Gasteiger partial charge < -0.3 is 4.90 Å². The van der Waals surface area contributed by atoms with Gasteiger partial charge in [0.05, 0.1) is 9.35 Å². The summed E-state index contributed by atoms with van der Waals surface area (Å²) in [4.78, 5) is 14.1. The number of hydrogen-bond acceptors (Lipinski definition) is 2. The lowest BCUT2D eigenvalue weighted by Crippen LogP contribution is -2.28. The SMILES string of the molecule is O=C(c1csc(Br)c1)N1CCC2(CC2)C1. The van der Waals surface area contributed by atoms with E-state index in [1.807, 2.05) is 16.3 Å². The Hall–Kier alpha value is -0.350. The molecule has 1 aliphatic carbocycles. The van der Waals surface area contributed by atoms with Crippen molar-refractivity contribution < 1.29 is 4.79 Å². The topological polar surface area (TPSA) is 20.3 Å². The fourth-order valence-electron chi connectivity index (χ4n) is 2.30. The highest BCUT2D eigenvalue weighted by Gasteiger charge is 2.48. The van der Waals surface area contributed by atoms with Gasteiger partial charge in [-0.3, -0.25) is 4.79 Å². The molecular formula is C11H12BrNOS. The van der Waals surface area contributed by atoms with E-state index >= 15 is 0 Å². The van der Waals surface area contributed by atoms with Gasteiger partial charge in [0.25, 0.3) is 5.91 Å². The van der Waals surface area contributed by atoms with E-state index in [1.165, 1.54) is 19.3 Å². The average Bonchev–Trinajstić information content (AvgIpc) is 2.64. The molecule has 1 saturated carbocycles. The number of nitrogens with zero attached hydrogens (tertiary/aromatic N) is 1. The lowest BCUT2D eigenvalue weighted by atomic mass is 10.1. The maximum Gasteiger partial charge on any atom is 0.254 e. The normalized spacial score (nSPS) is 22.3. The highest BCUT2D eigenvalue weighted by Crippen LogP contribution is 2.52. The van der Waals surface area contributed by atoms with E-state index in [0.717, 1.165) is 22.4 Å². The summed E-state index contributed by atoms with van der Waals surface area (Å²) in [6.07, 6.45) is 3.86. The molecule has 0 aromatic carbocycles. The van der Waals surface area contributed by atoms with Crippen LogP contribution in [0.15, 0.2) is 15.2 Å². The smallest absolute Gasteiger partial charge is 0.254 e. The number of hydrogen-bond donors (Lipinski definition) is 0. The fraction of sp³-hybridized carbons (Fsp3) is 0.545. The summed E-state index contributed by atoms with van der Waals surface area (Å²) in [5, 5.41) is 1.93. The molecule has 0 unspecified atom stereocenters. The number of carbonyl (C=O) groups is 1. The quantitative estimate of drug-likeness (QED) is 0.776. The minimum atomic E-state index is 0.209. The molecular weight excluding hydrogens is 274 g/mol. The third-order valence-corrected chi connectivity index (χ3v) is 5.00. The van der Waals surface area contributed by atoms with E-state index in [9.17, 15) is 4.79 Å². The number of carbonyl (C=O) groups excluding carboxylic acids is 1. The van der Waals surface area contributed by atoms with Crippen LogP contribution in [-0.4, -0.2) is 23.9 Å². The number of halogens is 1. The van der Waals surface area contributed by atoms with Gasteiger partial charge in [0.1, 0.15) is 0 Å². The van der Waals surface area contributed by atoms with Crippen molar-refractivity contribution in [3.05, 3.63) is 20.8 Å². The zero-order chi connectivity index (χ0) is 10.5. The highest BCUT2D eigenvalue weighted by atomic mass is 79.9. The van der Waals surface area contributed by atoms with Crippen LogP contribution >= 0.6 is 27.3 Å². The van der Waals surface area contributed by atoms with Crippen molar-refractivity contribution in [3.63, 3.8) is 0 Å². The van der Waals surface area contributed by atoms with E-state index in [0.29, 0.717) is 5.41 Å². The molecule has 1 aromatic rings. The minimum Gasteiger partial charge on any atom is -0.338 e. The lowest BCUT2D eigenvalue weighted by Gasteiger charge is -2.15. The molecule has 1 amide bonds. The van der Waals surface area contributed by atoms with E-state index < -0.39 is 0 Å². The van der Waals surface area contributed by atoms with Crippen molar-refractivity contribution in [1.29, 1.82) is 0 Å². The molecule has 2 heterocycles. The first kappa shape index (κ1) is 9.85. The molecule has 0 radical (unpaired) electrons. The molecule has 0 bridgehead atoms. The molecule has 2 nitrogen and oxygen atoms in total. The van der Waals surface area contributed by atoms with Crippen molar-refractivity contribution in [2.45, 2.75) is 19.3 Å². The van der Waals surface area contributed by atoms with Crippen LogP contribution in [0.2, 0.25) is 0 Å². The van der Waals surface area contributed by atoms with Crippen LogP contribution in [0.4, 0.5) is 0 Å². The van der Waals surface area contributed by atoms with Gasteiger partial charge in [0.15, 0.2) is 0 Å². The Morgan fingerprint density at radius 3 is 2.80 bits per heavy atom. The van der Waals surface area contributed by atoms with Crippen LogP contribution in [0.3, 0.4) is 0 Å². The number of amides is 1. The first-order valence-corrected chi connectivity index (χ1v) is 6.89. The van der Waals surface area contributed by atoms with E-state index in [-0.39, 0.29) is 5.91 Å². The third kappa shape index (κ3) is 1.74. The Morgan fingerprint density at radius 2 is 2.27 bits per heavy atom. The number of rotatable bonds is 1.